The zero-order valence-corrected chi connectivity index (χ0v) is 11.5. The van der Waals surface area contributed by atoms with Crippen molar-refractivity contribution < 1.29 is 0 Å². The van der Waals surface area contributed by atoms with E-state index in [1.807, 2.05) is 12.1 Å². The zero-order valence-electron chi connectivity index (χ0n) is 10.8. The van der Waals surface area contributed by atoms with Crippen LogP contribution in [0.3, 0.4) is 0 Å². The van der Waals surface area contributed by atoms with Crippen molar-refractivity contribution in [2.45, 2.75) is 51.9 Å². The maximum absolute atomic E-state index is 5.83. The molecule has 0 radical (unpaired) electrons. The van der Waals surface area contributed by atoms with Gasteiger partial charge in [-0.05, 0) is 30.5 Å². The van der Waals surface area contributed by atoms with Gasteiger partial charge in [0.25, 0.3) is 0 Å². The summed E-state index contributed by atoms with van der Waals surface area (Å²) < 4.78 is 0. The molecule has 1 heteroatoms. The summed E-state index contributed by atoms with van der Waals surface area (Å²) >= 11 is 5.83. The maximum Gasteiger partial charge on any atom is 0.0406 e. The predicted octanol–water partition coefficient (Wildman–Crippen LogP) is 6.10. The SMILES string of the molecule is CCCCCCCC/C=C/c1ccc(Cl)cc1. The Bertz CT molecular complexity index is 311. The first-order chi connectivity index (χ1) is 8.33. The smallest absolute Gasteiger partial charge is 0.0406 e. The molecule has 0 atom stereocenters. The van der Waals surface area contributed by atoms with Gasteiger partial charge in [-0.1, -0.05) is 74.9 Å². The third kappa shape index (κ3) is 7.23. The first kappa shape index (κ1) is 14.3. The number of allylic oxidation sites excluding steroid dienone is 1. The zero-order chi connectivity index (χ0) is 12.3. The number of halogens is 1. The Kier molecular flexibility index (Phi) is 7.83. The van der Waals surface area contributed by atoms with Crippen molar-refractivity contribution in [2.24, 2.45) is 0 Å². The lowest BCUT2D eigenvalue weighted by Crippen LogP contribution is -1.77. The van der Waals surface area contributed by atoms with Crippen molar-refractivity contribution in [1.29, 1.82) is 0 Å². The Morgan fingerprint density at radius 2 is 1.59 bits per heavy atom. The molecule has 0 N–H and O–H groups in total. The lowest BCUT2D eigenvalue weighted by atomic mass is 10.1. The van der Waals surface area contributed by atoms with Crippen LogP contribution in [0.15, 0.2) is 30.3 Å². The first-order valence-corrected chi connectivity index (χ1v) is 7.13. The van der Waals surface area contributed by atoms with Crippen molar-refractivity contribution >= 4 is 17.7 Å². The summed E-state index contributed by atoms with van der Waals surface area (Å²) in [5.74, 6) is 0. The molecule has 0 aliphatic carbocycles. The molecule has 0 amide bonds. The van der Waals surface area contributed by atoms with Crippen LogP contribution in [0.2, 0.25) is 5.02 Å². The van der Waals surface area contributed by atoms with Crippen LogP contribution in [0.25, 0.3) is 6.08 Å². The van der Waals surface area contributed by atoms with Gasteiger partial charge in [0, 0.05) is 5.02 Å². The number of unbranched alkanes of at least 4 members (excludes halogenated alkanes) is 6. The highest BCUT2D eigenvalue weighted by Gasteiger charge is 1.89. The molecule has 0 aliphatic rings. The summed E-state index contributed by atoms with van der Waals surface area (Å²) in [7, 11) is 0. The van der Waals surface area contributed by atoms with Gasteiger partial charge in [-0.2, -0.15) is 0 Å². The number of benzene rings is 1. The molecule has 0 saturated heterocycles. The lowest BCUT2D eigenvalue weighted by Gasteiger charge is -1.98. The molecule has 17 heavy (non-hydrogen) atoms. The second-order valence-electron chi connectivity index (χ2n) is 4.51. The average molecular weight is 251 g/mol. The highest BCUT2D eigenvalue weighted by atomic mass is 35.5. The van der Waals surface area contributed by atoms with E-state index in [9.17, 15) is 0 Å². The van der Waals surface area contributed by atoms with Gasteiger partial charge in [-0.25, -0.2) is 0 Å². The van der Waals surface area contributed by atoms with Gasteiger partial charge >= 0.3 is 0 Å². The molecule has 1 aromatic rings. The molecule has 0 aliphatic heterocycles. The van der Waals surface area contributed by atoms with E-state index in [2.05, 4.69) is 31.2 Å². The van der Waals surface area contributed by atoms with E-state index >= 15 is 0 Å². The minimum atomic E-state index is 0.804. The Hall–Kier alpha value is -0.750. The van der Waals surface area contributed by atoms with Crippen molar-refractivity contribution in [1.82, 2.24) is 0 Å². The molecule has 0 spiro atoms. The molecule has 0 saturated carbocycles. The average Bonchev–Trinajstić information content (AvgIpc) is 2.35. The van der Waals surface area contributed by atoms with Crippen molar-refractivity contribution in [3.8, 4) is 0 Å². The fourth-order valence-corrected chi connectivity index (χ4v) is 1.96. The molecule has 0 fully saturated rings. The highest BCUT2D eigenvalue weighted by molar-refractivity contribution is 6.30. The molecular formula is C16H23Cl. The molecule has 0 bridgehead atoms. The van der Waals surface area contributed by atoms with Crippen LogP contribution in [-0.4, -0.2) is 0 Å². The Labute approximate surface area is 111 Å². The van der Waals surface area contributed by atoms with Crippen LogP contribution in [0, 0.1) is 0 Å². The first-order valence-electron chi connectivity index (χ1n) is 6.75. The molecule has 0 heterocycles. The second-order valence-corrected chi connectivity index (χ2v) is 4.95. The summed E-state index contributed by atoms with van der Waals surface area (Å²) in [5, 5.41) is 0.804. The molecule has 1 rings (SSSR count). The van der Waals surface area contributed by atoms with Crippen molar-refractivity contribution in [3.05, 3.63) is 40.9 Å². The highest BCUT2D eigenvalue weighted by Crippen LogP contribution is 2.12. The van der Waals surface area contributed by atoms with Gasteiger partial charge in [-0.15, -0.1) is 0 Å². The summed E-state index contributed by atoms with van der Waals surface area (Å²) in [6, 6.07) is 7.98. The van der Waals surface area contributed by atoms with E-state index < -0.39 is 0 Å². The minimum absolute atomic E-state index is 0.804. The number of hydrogen-bond acceptors (Lipinski definition) is 0. The lowest BCUT2D eigenvalue weighted by molar-refractivity contribution is 0.611. The second kappa shape index (κ2) is 9.30. The van der Waals surface area contributed by atoms with E-state index in [-0.39, 0.29) is 0 Å². The fourth-order valence-electron chi connectivity index (χ4n) is 1.84. The van der Waals surface area contributed by atoms with Crippen molar-refractivity contribution in [2.75, 3.05) is 0 Å². The summed E-state index contributed by atoms with van der Waals surface area (Å²) in [6.07, 6.45) is 13.8. The van der Waals surface area contributed by atoms with Gasteiger partial charge in [0.1, 0.15) is 0 Å². The Morgan fingerprint density at radius 1 is 0.941 bits per heavy atom. The normalized spacial score (nSPS) is 11.2. The largest absolute Gasteiger partial charge is 0.0843 e. The van der Waals surface area contributed by atoms with E-state index in [0.717, 1.165) is 5.02 Å². The van der Waals surface area contributed by atoms with Crippen LogP contribution in [0.1, 0.15) is 57.4 Å². The number of hydrogen-bond donors (Lipinski definition) is 0. The summed E-state index contributed by atoms with van der Waals surface area (Å²) in [5.41, 5.74) is 1.24. The van der Waals surface area contributed by atoms with Crippen LogP contribution in [0.5, 0.6) is 0 Å². The van der Waals surface area contributed by atoms with Crippen LogP contribution in [-0.2, 0) is 0 Å². The van der Waals surface area contributed by atoms with E-state index in [0.29, 0.717) is 0 Å². The molecule has 1 aromatic carbocycles. The van der Waals surface area contributed by atoms with Gasteiger partial charge in [0.05, 0.1) is 0 Å². The van der Waals surface area contributed by atoms with Crippen LogP contribution in [0.4, 0.5) is 0 Å². The predicted molar refractivity (Wildman–Crippen MR) is 78.5 cm³/mol. The third-order valence-electron chi connectivity index (χ3n) is 2.90. The molecular weight excluding hydrogens is 228 g/mol. The number of rotatable bonds is 8. The van der Waals surface area contributed by atoms with Gasteiger partial charge in [0.15, 0.2) is 0 Å². The summed E-state index contributed by atoms with van der Waals surface area (Å²) in [4.78, 5) is 0. The fraction of sp³-hybridized carbons (Fsp3) is 0.500. The molecule has 94 valence electrons. The standard InChI is InChI=1S/C16H23Cl/c1-2-3-4-5-6-7-8-9-10-15-11-13-16(17)14-12-15/h9-14H,2-8H2,1H3/b10-9+. The quantitative estimate of drug-likeness (QED) is 0.489. The molecule has 0 nitrogen and oxygen atoms in total. The van der Waals surface area contributed by atoms with Crippen molar-refractivity contribution in [3.63, 3.8) is 0 Å². The molecule has 0 aromatic heterocycles. The summed E-state index contributed by atoms with van der Waals surface area (Å²) in [6.45, 7) is 2.26. The van der Waals surface area contributed by atoms with E-state index in [1.165, 1.54) is 50.5 Å². The monoisotopic (exact) mass is 250 g/mol. The minimum Gasteiger partial charge on any atom is -0.0843 e. The molecule has 0 unspecified atom stereocenters. The van der Waals surface area contributed by atoms with E-state index in [1.54, 1.807) is 0 Å². The maximum atomic E-state index is 5.83. The van der Waals surface area contributed by atoms with Gasteiger partial charge in [-0.3, -0.25) is 0 Å². The van der Waals surface area contributed by atoms with Crippen LogP contribution >= 0.6 is 11.6 Å². The van der Waals surface area contributed by atoms with Crippen LogP contribution < -0.4 is 0 Å². The van der Waals surface area contributed by atoms with Gasteiger partial charge in [0.2, 0.25) is 0 Å². The van der Waals surface area contributed by atoms with E-state index in [4.69, 9.17) is 11.6 Å². The van der Waals surface area contributed by atoms with Gasteiger partial charge < -0.3 is 0 Å². The topological polar surface area (TPSA) is 0 Å². The third-order valence-corrected chi connectivity index (χ3v) is 3.16. The Balaban J connectivity index is 2.08. The Morgan fingerprint density at radius 3 is 2.29 bits per heavy atom.